The lowest BCUT2D eigenvalue weighted by atomic mass is 10.1. The summed E-state index contributed by atoms with van der Waals surface area (Å²) < 4.78 is 18.3. The van der Waals surface area contributed by atoms with Gasteiger partial charge in [0.05, 0.1) is 24.7 Å². The van der Waals surface area contributed by atoms with Gasteiger partial charge in [-0.2, -0.15) is 4.98 Å². The molecule has 36 heavy (non-hydrogen) atoms. The minimum atomic E-state index is 0.237. The number of benzene rings is 3. The topological polar surface area (TPSA) is 109 Å². The lowest BCUT2D eigenvalue weighted by Gasteiger charge is -2.11. The fourth-order valence-electron chi connectivity index (χ4n) is 4.28. The largest absolute Gasteiger partial charge is 0.496 e. The molecular formula is C27H24N6O3. The van der Waals surface area contributed by atoms with Crippen LogP contribution in [0.2, 0.25) is 0 Å². The van der Waals surface area contributed by atoms with Crippen molar-refractivity contribution in [1.82, 2.24) is 19.7 Å². The predicted octanol–water partition coefficient (Wildman–Crippen LogP) is 4.47. The Labute approximate surface area is 207 Å². The maximum Gasteiger partial charge on any atom is 0.231 e. The van der Waals surface area contributed by atoms with Crippen LogP contribution in [-0.2, 0) is 13.1 Å². The van der Waals surface area contributed by atoms with E-state index in [0.717, 1.165) is 28.2 Å². The van der Waals surface area contributed by atoms with Crippen molar-refractivity contribution in [3.63, 3.8) is 0 Å². The molecule has 3 heterocycles. The molecule has 1 aliphatic rings. The van der Waals surface area contributed by atoms with Crippen molar-refractivity contribution in [3.8, 4) is 28.5 Å². The molecule has 5 aromatic rings. The van der Waals surface area contributed by atoms with Gasteiger partial charge < -0.3 is 25.3 Å². The third kappa shape index (κ3) is 4.00. The SMILES string of the molecule is COc1ccccc1-c1nc(NCc2ccc3c(c2)OCO3)nc2nn(Cc3ccccc3)c(N)c12. The number of para-hydroxylation sites is 1. The minimum absolute atomic E-state index is 0.237. The number of anilines is 2. The van der Waals surface area contributed by atoms with Crippen LogP contribution in [0.4, 0.5) is 11.8 Å². The predicted molar refractivity (Wildman–Crippen MR) is 137 cm³/mol. The van der Waals surface area contributed by atoms with Crippen molar-refractivity contribution in [2.24, 2.45) is 0 Å². The Morgan fingerprint density at radius 2 is 1.75 bits per heavy atom. The Morgan fingerprint density at radius 3 is 2.61 bits per heavy atom. The van der Waals surface area contributed by atoms with Crippen LogP contribution in [0.3, 0.4) is 0 Å². The molecule has 0 unspecified atom stereocenters. The van der Waals surface area contributed by atoms with Crippen molar-refractivity contribution < 1.29 is 14.2 Å². The third-order valence-electron chi connectivity index (χ3n) is 6.06. The van der Waals surface area contributed by atoms with E-state index in [9.17, 15) is 0 Å². The van der Waals surface area contributed by atoms with Gasteiger partial charge in [0, 0.05) is 12.1 Å². The van der Waals surface area contributed by atoms with Crippen LogP contribution in [0.25, 0.3) is 22.3 Å². The molecule has 2 aromatic heterocycles. The fourth-order valence-corrected chi connectivity index (χ4v) is 4.28. The highest BCUT2D eigenvalue weighted by Gasteiger charge is 2.21. The van der Waals surface area contributed by atoms with Gasteiger partial charge in [-0.3, -0.25) is 0 Å². The van der Waals surface area contributed by atoms with Gasteiger partial charge in [-0.1, -0.05) is 48.5 Å². The number of nitrogens with one attached hydrogen (secondary N) is 1. The molecule has 9 heteroatoms. The molecule has 1 aliphatic heterocycles. The van der Waals surface area contributed by atoms with E-state index >= 15 is 0 Å². The van der Waals surface area contributed by atoms with Gasteiger partial charge in [-0.25, -0.2) is 9.67 Å². The lowest BCUT2D eigenvalue weighted by Crippen LogP contribution is -2.06. The first-order valence-corrected chi connectivity index (χ1v) is 11.5. The normalized spacial score (nSPS) is 12.1. The summed E-state index contributed by atoms with van der Waals surface area (Å²) in [6, 6.07) is 23.6. The Hall–Kier alpha value is -4.79. The number of methoxy groups -OCH3 is 1. The summed E-state index contributed by atoms with van der Waals surface area (Å²) in [5.74, 6) is 3.10. The van der Waals surface area contributed by atoms with Gasteiger partial charge in [0.15, 0.2) is 17.1 Å². The molecule has 0 aliphatic carbocycles. The maximum atomic E-state index is 6.62. The van der Waals surface area contributed by atoms with E-state index in [1.807, 2.05) is 72.8 Å². The summed E-state index contributed by atoms with van der Waals surface area (Å²) in [5, 5.41) is 8.74. The van der Waals surface area contributed by atoms with Crippen molar-refractivity contribution in [1.29, 1.82) is 0 Å². The zero-order valence-electron chi connectivity index (χ0n) is 19.6. The van der Waals surface area contributed by atoms with Gasteiger partial charge >= 0.3 is 0 Å². The summed E-state index contributed by atoms with van der Waals surface area (Å²) in [4.78, 5) is 9.55. The van der Waals surface area contributed by atoms with Gasteiger partial charge in [0.2, 0.25) is 12.7 Å². The van der Waals surface area contributed by atoms with E-state index in [2.05, 4.69) is 5.32 Å². The zero-order chi connectivity index (χ0) is 24.5. The molecule has 180 valence electrons. The lowest BCUT2D eigenvalue weighted by molar-refractivity contribution is 0.174. The van der Waals surface area contributed by atoms with E-state index in [1.165, 1.54) is 0 Å². The molecule has 0 atom stereocenters. The van der Waals surface area contributed by atoms with Crippen LogP contribution < -0.4 is 25.3 Å². The molecule has 6 rings (SSSR count). The van der Waals surface area contributed by atoms with Crippen LogP contribution in [0.15, 0.2) is 72.8 Å². The second-order valence-corrected chi connectivity index (χ2v) is 8.36. The number of aromatic nitrogens is 4. The van der Waals surface area contributed by atoms with E-state index in [1.54, 1.807) is 11.8 Å². The minimum Gasteiger partial charge on any atom is -0.496 e. The van der Waals surface area contributed by atoms with Gasteiger partial charge in [-0.15, -0.1) is 5.10 Å². The molecule has 0 fully saturated rings. The van der Waals surface area contributed by atoms with Crippen molar-refractivity contribution in [3.05, 3.63) is 83.9 Å². The van der Waals surface area contributed by atoms with E-state index in [4.69, 9.17) is 35.0 Å². The van der Waals surface area contributed by atoms with Crippen LogP contribution in [0.5, 0.6) is 17.2 Å². The summed E-state index contributed by atoms with van der Waals surface area (Å²) in [7, 11) is 1.64. The van der Waals surface area contributed by atoms with Crippen LogP contribution in [0.1, 0.15) is 11.1 Å². The zero-order valence-corrected chi connectivity index (χ0v) is 19.6. The number of ether oxygens (including phenoxy) is 3. The molecule has 9 nitrogen and oxygen atoms in total. The molecule has 0 amide bonds. The first-order chi connectivity index (χ1) is 17.7. The number of nitrogens with zero attached hydrogens (tertiary/aromatic N) is 4. The highest BCUT2D eigenvalue weighted by atomic mass is 16.7. The molecular weight excluding hydrogens is 456 g/mol. The highest BCUT2D eigenvalue weighted by Crippen LogP contribution is 2.37. The number of hydrogen-bond acceptors (Lipinski definition) is 8. The number of rotatable bonds is 7. The van der Waals surface area contributed by atoms with Crippen LogP contribution >= 0.6 is 0 Å². The Balaban J connectivity index is 1.41. The number of nitrogen functional groups attached to an aromatic ring is 1. The molecule has 0 radical (unpaired) electrons. The van der Waals surface area contributed by atoms with Crippen LogP contribution in [-0.4, -0.2) is 33.7 Å². The standard InChI is InChI=1S/C27H24N6O3/c1-34-20-10-6-5-9-19(20)24-23-25(28)33(15-17-7-3-2-4-8-17)32-26(23)31-27(30-24)29-14-18-11-12-21-22(13-18)36-16-35-21/h2-13H,14-16,28H2,1H3,(H,29,31,32). The molecule has 3 N–H and O–H groups in total. The summed E-state index contributed by atoms with van der Waals surface area (Å²) >= 11 is 0. The third-order valence-corrected chi connectivity index (χ3v) is 6.06. The second-order valence-electron chi connectivity index (χ2n) is 8.36. The summed E-state index contributed by atoms with van der Waals surface area (Å²) in [6.45, 7) is 1.25. The highest BCUT2D eigenvalue weighted by molar-refractivity contribution is 6.00. The quantitative estimate of drug-likeness (QED) is 0.351. The fraction of sp³-hybridized carbons (Fsp3) is 0.148. The van der Waals surface area contributed by atoms with E-state index < -0.39 is 0 Å². The van der Waals surface area contributed by atoms with Gasteiger partial charge in [0.1, 0.15) is 11.6 Å². The monoisotopic (exact) mass is 480 g/mol. The van der Waals surface area contributed by atoms with Gasteiger partial charge in [0.25, 0.3) is 0 Å². The Morgan fingerprint density at radius 1 is 0.944 bits per heavy atom. The maximum absolute atomic E-state index is 6.62. The molecule has 0 bridgehead atoms. The van der Waals surface area contributed by atoms with E-state index in [0.29, 0.717) is 47.3 Å². The van der Waals surface area contributed by atoms with Crippen molar-refractivity contribution in [2.45, 2.75) is 13.1 Å². The average Bonchev–Trinajstić information content (AvgIpc) is 3.51. The number of fused-ring (bicyclic) bond motifs is 2. The van der Waals surface area contributed by atoms with Crippen LogP contribution in [0, 0.1) is 0 Å². The number of nitrogens with two attached hydrogens (primary N) is 1. The molecule has 0 saturated carbocycles. The first-order valence-electron chi connectivity index (χ1n) is 11.5. The second kappa shape index (κ2) is 9.10. The van der Waals surface area contributed by atoms with Crippen molar-refractivity contribution in [2.75, 3.05) is 25.0 Å². The van der Waals surface area contributed by atoms with Crippen molar-refractivity contribution >= 4 is 22.8 Å². The summed E-state index contributed by atoms with van der Waals surface area (Å²) in [6.07, 6.45) is 0. The summed E-state index contributed by atoms with van der Waals surface area (Å²) in [5.41, 5.74) is 10.7. The molecule has 0 saturated heterocycles. The average molecular weight is 481 g/mol. The first kappa shape index (κ1) is 21.7. The van der Waals surface area contributed by atoms with Gasteiger partial charge in [-0.05, 0) is 35.4 Å². The number of hydrogen-bond donors (Lipinski definition) is 2. The smallest absolute Gasteiger partial charge is 0.231 e. The molecule has 0 spiro atoms. The Bertz CT molecular complexity index is 1550. The molecule has 3 aromatic carbocycles. The Kier molecular flexibility index (Phi) is 5.49. The van der Waals surface area contributed by atoms with E-state index in [-0.39, 0.29) is 6.79 Å².